The van der Waals surface area contributed by atoms with E-state index in [1.807, 2.05) is 30.3 Å². The van der Waals surface area contributed by atoms with Gasteiger partial charge in [-0.25, -0.2) is 0 Å². The van der Waals surface area contributed by atoms with Gasteiger partial charge in [0.2, 0.25) is 0 Å². The molecule has 0 N–H and O–H groups in total. The Labute approximate surface area is 107 Å². The van der Waals surface area contributed by atoms with Crippen LogP contribution in [-0.2, 0) is 0 Å². The fourth-order valence-corrected chi connectivity index (χ4v) is 0.720. The zero-order valence-electron chi connectivity index (χ0n) is 5.23. The third-order valence-electron chi connectivity index (χ3n) is 0.733. The van der Waals surface area contributed by atoms with Gasteiger partial charge in [-0.2, -0.15) is 0 Å². The third-order valence-corrected chi connectivity index (χ3v) is 1.26. The van der Waals surface area contributed by atoms with Crippen molar-refractivity contribution in [1.29, 1.82) is 0 Å². The minimum atomic E-state index is 0. The predicted molar refractivity (Wildman–Crippen MR) is 39.9 cm³/mol. The van der Waals surface area contributed by atoms with Gasteiger partial charge in [0.15, 0.2) is 0 Å². The molecular formula is C6H5Br3Mg. The number of benzene rings is 1. The minimum Gasteiger partial charge on any atom is -1.00 e. The Morgan fingerprint density at radius 3 is 1.50 bits per heavy atom. The van der Waals surface area contributed by atoms with Gasteiger partial charge in [0.25, 0.3) is 0 Å². The molecule has 0 aliphatic rings. The summed E-state index contributed by atoms with van der Waals surface area (Å²) in [6.45, 7) is 0. The van der Waals surface area contributed by atoms with E-state index in [-0.39, 0.29) is 57.0 Å². The van der Waals surface area contributed by atoms with E-state index in [0.29, 0.717) is 0 Å². The molecule has 10 heavy (non-hydrogen) atoms. The van der Waals surface area contributed by atoms with Gasteiger partial charge in [-0.15, -0.1) is 0 Å². The van der Waals surface area contributed by atoms with Crippen LogP contribution in [0.1, 0.15) is 0 Å². The molecule has 0 amide bonds. The van der Waals surface area contributed by atoms with Crippen molar-refractivity contribution in [2.24, 2.45) is 0 Å². The molecule has 52 valence electrons. The van der Waals surface area contributed by atoms with Crippen LogP contribution in [-0.4, -0.2) is 23.1 Å². The quantitative estimate of drug-likeness (QED) is 0.423. The zero-order valence-corrected chi connectivity index (χ0v) is 11.4. The average Bonchev–Trinajstić information content (AvgIpc) is 1.69. The van der Waals surface area contributed by atoms with Crippen molar-refractivity contribution in [2.75, 3.05) is 0 Å². The Morgan fingerprint density at radius 2 is 1.30 bits per heavy atom. The summed E-state index contributed by atoms with van der Waals surface area (Å²) in [6.07, 6.45) is 0. The van der Waals surface area contributed by atoms with Gasteiger partial charge in [-0.3, -0.25) is 0 Å². The molecule has 0 spiro atoms. The van der Waals surface area contributed by atoms with Crippen molar-refractivity contribution in [2.45, 2.75) is 0 Å². The summed E-state index contributed by atoms with van der Waals surface area (Å²) in [4.78, 5) is 0. The van der Waals surface area contributed by atoms with E-state index in [2.05, 4.69) is 15.9 Å². The maximum Gasteiger partial charge on any atom is 2.00 e. The SMILES string of the molecule is Brc1ccccc1.[Br-].[Br-].[Mg+2]. The van der Waals surface area contributed by atoms with E-state index in [4.69, 9.17) is 0 Å². The van der Waals surface area contributed by atoms with Crippen LogP contribution >= 0.6 is 15.9 Å². The van der Waals surface area contributed by atoms with Crippen molar-refractivity contribution in [3.63, 3.8) is 0 Å². The van der Waals surface area contributed by atoms with E-state index >= 15 is 0 Å². The van der Waals surface area contributed by atoms with E-state index in [1.165, 1.54) is 0 Å². The summed E-state index contributed by atoms with van der Waals surface area (Å²) in [6, 6.07) is 9.97. The van der Waals surface area contributed by atoms with Crippen LogP contribution in [0.15, 0.2) is 34.8 Å². The number of rotatable bonds is 0. The van der Waals surface area contributed by atoms with Crippen molar-refractivity contribution in [3.05, 3.63) is 34.8 Å². The summed E-state index contributed by atoms with van der Waals surface area (Å²) in [5.41, 5.74) is 0. The van der Waals surface area contributed by atoms with Gasteiger partial charge in [0, 0.05) is 4.47 Å². The largest absolute Gasteiger partial charge is 2.00 e. The first-order valence-corrected chi connectivity index (χ1v) is 2.89. The molecule has 0 heterocycles. The summed E-state index contributed by atoms with van der Waals surface area (Å²) in [5.74, 6) is 0. The zero-order chi connectivity index (χ0) is 5.11. The van der Waals surface area contributed by atoms with Crippen molar-refractivity contribution < 1.29 is 34.0 Å². The normalized spacial score (nSPS) is 6.10. The van der Waals surface area contributed by atoms with Crippen LogP contribution in [0.25, 0.3) is 0 Å². The topological polar surface area (TPSA) is 0 Å². The molecule has 0 atom stereocenters. The Kier molecular flexibility index (Phi) is 18.2. The van der Waals surface area contributed by atoms with Crippen molar-refractivity contribution in [3.8, 4) is 0 Å². The predicted octanol–water partition coefficient (Wildman–Crippen LogP) is -3.92. The molecule has 0 radical (unpaired) electrons. The van der Waals surface area contributed by atoms with Gasteiger partial charge in [0.1, 0.15) is 0 Å². The second-order valence-electron chi connectivity index (χ2n) is 1.30. The fraction of sp³-hybridized carbons (Fsp3) is 0. The van der Waals surface area contributed by atoms with Crippen LogP contribution in [0.2, 0.25) is 0 Å². The molecule has 0 aromatic heterocycles. The molecule has 0 aliphatic carbocycles. The van der Waals surface area contributed by atoms with Gasteiger partial charge in [-0.05, 0) is 12.1 Å². The smallest absolute Gasteiger partial charge is 1.00 e. The molecule has 0 saturated heterocycles. The van der Waals surface area contributed by atoms with Gasteiger partial charge in [0.05, 0.1) is 0 Å². The van der Waals surface area contributed by atoms with E-state index in [9.17, 15) is 0 Å². The Hall–Kier alpha value is 1.43. The van der Waals surface area contributed by atoms with Crippen molar-refractivity contribution >= 4 is 39.0 Å². The maximum absolute atomic E-state index is 3.31. The van der Waals surface area contributed by atoms with E-state index in [1.54, 1.807) is 0 Å². The monoisotopic (exact) mass is 338 g/mol. The van der Waals surface area contributed by atoms with E-state index < -0.39 is 0 Å². The summed E-state index contributed by atoms with van der Waals surface area (Å²) in [7, 11) is 0. The fourth-order valence-electron chi connectivity index (χ4n) is 0.415. The summed E-state index contributed by atoms with van der Waals surface area (Å²) >= 11 is 3.31. The third kappa shape index (κ3) is 7.53. The number of hydrogen-bond donors (Lipinski definition) is 0. The van der Waals surface area contributed by atoms with Crippen LogP contribution in [0, 0.1) is 0 Å². The summed E-state index contributed by atoms with van der Waals surface area (Å²) in [5, 5.41) is 0. The van der Waals surface area contributed by atoms with Gasteiger partial charge in [-0.1, -0.05) is 34.1 Å². The second-order valence-corrected chi connectivity index (χ2v) is 2.21. The standard InChI is InChI=1S/C6H5Br.2BrH.Mg/c7-6-4-2-1-3-5-6;;;/h1-5H;2*1H;/q;;;+2/p-2. The minimum absolute atomic E-state index is 0. The Morgan fingerprint density at radius 1 is 0.900 bits per heavy atom. The van der Waals surface area contributed by atoms with Crippen LogP contribution in [0.3, 0.4) is 0 Å². The molecule has 1 aromatic carbocycles. The number of hydrogen-bond acceptors (Lipinski definition) is 0. The molecule has 0 unspecified atom stereocenters. The first kappa shape index (κ1) is 17.5. The summed E-state index contributed by atoms with van der Waals surface area (Å²) < 4.78 is 1.13. The van der Waals surface area contributed by atoms with Crippen molar-refractivity contribution in [1.82, 2.24) is 0 Å². The molecule has 0 nitrogen and oxygen atoms in total. The molecule has 0 fully saturated rings. The molecule has 1 rings (SSSR count). The van der Waals surface area contributed by atoms with Crippen LogP contribution < -0.4 is 34.0 Å². The Balaban J connectivity index is -0.000000163. The molecular weight excluding hydrogens is 336 g/mol. The first-order chi connectivity index (χ1) is 3.39. The van der Waals surface area contributed by atoms with Crippen LogP contribution in [0.4, 0.5) is 0 Å². The first-order valence-electron chi connectivity index (χ1n) is 2.10. The average molecular weight is 341 g/mol. The van der Waals surface area contributed by atoms with E-state index in [0.717, 1.165) is 4.47 Å². The second kappa shape index (κ2) is 10.4. The molecule has 0 aliphatic heterocycles. The van der Waals surface area contributed by atoms with Crippen LogP contribution in [0.5, 0.6) is 0 Å². The molecule has 0 bridgehead atoms. The van der Waals surface area contributed by atoms with Gasteiger partial charge >= 0.3 is 23.1 Å². The maximum atomic E-state index is 3.31. The molecule has 4 heteroatoms. The number of halogens is 3. The van der Waals surface area contributed by atoms with Gasteiger partial charge < -0.3 is 34.0 Å². The molecule has 0 saturated carbocycles. The molecule has 1 aromatic rings. The Bertz CT molecular complexity index is 143.